The number of hydrogen-bond acceptors (Lipinski definition) is 3. The number of likely N-dealkylation sites (tertiary alicyclic amines) is 1. The van der Waals surface area contributed by atoms with Crippen molar-refractivity contribution in [2.75, 3.05) is 19.7 Å². The third kappa shape index (κ3) is 4.03. The molecule has 0 spiro atoms. The summed E-state index contributed by atoms with van der Waals surface area (Å²) < 4.78 is 0. The van der Waals surface area contributed by atoms with E-state index in [-0.39, 0.29) is 12.6 Å². The highest BCUT2D eigenvalue weighted by Gasteiger charge is 2.21. The van der Waals surface area contributed by atoms with Gasteiger partial charge >= 0.3 is 0 Å². The summed E-state index contributed by atoms with van der Waals surface area (Å²) in [7, 11) is 0. The van der Waals surface area contributed by atoms with Gasteiger partial charge in [0.2, 0.25) is 0 Å². The molecule has 1 heterocycles. The first-order valence-electron chi connectivity index (χ1n) is 7.38. The van der Waals surface area contributed by atoms with Gasteiger partial charge in [0, 0.05) is 18.6 Å². The number of nitrogens with zero attached hydrogens (tertiary/aromatic N) is 1. The molecule has 1 aliphatic heterocycles. The number of aryl methyl sites for hydroxylation is 1. The zero-order chi connectivity index (χ0) is 13.7. The minimum absolute atomic E-state index is 0.0990. The van der Waals surface area contributed by atoms with Crippen LogP contribution in [-0.4, -0.2) is 35.7 Å². The molecule has 1 saturated heterocycles. The van der Waals surface area contributed by atoms with E-state index in [2.05, 4.69) is 36.1 Å². The summed E-state index contributed by atoms with van der Waals surface area (Å²) in [6.07, 6.45) is 4.57. The van der Waals surface area contributed by atoms with Crippen molar-refractivity contribution in [1.29, 1.82) is 0 Å². The van der Waals surface area contributed by atoms with Crippen molar-refractivity contribution >= 4 is 0 Å². The predicted octanol–water partition coefficient (Wildman–Crippen LogP) is 2.23. The van der Waals surface area contributed by atoms with Crippen LogP contribution in [0.2, 0.25) is 0 Å². The first kappa shape index (κ1) is 14.5. The molecule has 2 rings (SSSR count). The number of hydrogen-bond donors (Lipinski definition) is 2. The normalized spacial score (nSPS) is 22.4. The lowest BCUT2D eigenvalue weighted by Gasteiger charge is -2.35. The number of rotatable bonds is 5. The molecular weight excluding hydrogens is 236 g/mol. The van der Waals surface area contributed by atoms with Crippen LogP contribution in [0.15, 0.2) is 24.3 Å². The van der Waals surface area contributed by atoms with Crippen LogP contribution in [0.3, 0.4) is 0 Å². The molecule has 0 bridgehead atoms. The van der Waals surface area contributed by atoms with Crippen molar-refractivity contribution in [1.82, 2.24) is 4.90 Å². The highest BCUT2D eigenvalue weighted by atomic mass is 16.3. The van der Waals surface area contributed by atoms with Crippen LogP contribution in [-0.2, 0) is 0 Å². The van der Waals surface area contributed by atoms with Gasteiger partial charge < -0.3 is 10.8 Å². The van der Waals surface area contributed by atoms with Crippen LogP contribution in [0, 0.1) is 6.92 Å². The van der Waals surface area contributed by atoms with Gasteiger partial charge in [-0.1, -0.05) is 36.2 Å². The maximum absolute atomic E-state index is 9.40. The van der Waals surface area contributed by atoms with Crippen molar-refractivity contribution in [2.45, 2.75) is 44.7 Å². The minimum Gasteiger partial charge on any atom is -0.395 e. The van der Waals surface area contributed by atoms with E-state index >= 15 is 0 Å². The van der Waals surface area contributed by atoms with E-state index in [1.165, 1.54) is 24.0 Å². The second-order valence-corrected chi connectivity index (χ2v) is 5.67. The summed E-state index contributed by atoms with van der Waals surface area (Å²) in [5.74, 6) is 0. The van der Waals surface area contributed by atoms with E-state index in [1.54, 1.807) is 0 Å². The molecule has 106 valence electrons. The molecule has 3 heteroatoms. The Labute approximate surface area is 116 Å². The summed E-state index contributed by atoms with van der Waals surface area (Å²) in [5.41, 5.74) is 8.74. The Morgan fingerprint density at radius 2 is 2.05 bits per heavy atom. The van der Waals surface area contributed by atoms with Gasteiger partial charge in [0.05, 0.1) is 6.61 Å². The Morgan fingerprint density at radius 1 is 1.32 bits per heavy atom. The topological polar surface area (TPSA) is 49.5 Å². The standard InChI is InChI=1S/C16H26N2O/c1-13-5-7-14(8-6-13)16(17)9-11-18-10-3-2-4-15(18)12-19/h5-8,15-16,19H,2-4,9-12,17H2,1H3. The van der Waals surface area contributed by atoms with Crippen LogP contribution in [0.4, 0.5) is 0 Å². The average molecular weight is 262 g/mol. The zero-order valence-electron chi connectivity index (χ0n) is 11.9. The van der Waals surface area contributed by atoms with E-state index in [0.717, 1.165) is 25.9 Å². The lowest BCUT2D eigenvalue weighted by molar-refractivity contribution is 0.0875. The van der Waals surface area contributed by atoms with Crippen LogP contribution in [0.5, 0.6) is 0 Å². The second-order valence-electron chi connectivity index (χ2n) is 5.67. The summed E-state index contributed by atoms with van der Waals surface area (Å²) in [6.45, 7) is 4.46. The Kier molecular flexibility index (Phi) is 5.37. The van der Waals surface area contributed by atoms with Gasteiger partial charge in [-0.25, -0.2) is 0 Å². The van der Waals surface area contributed by atoms with E-state index in [1.807, 2.05) is 0 Å². The predicted molar refractivity (Wildman–Crippen MR) is 79.0 cm³/mol. The van der Waals surface area contributed by atoms with Crippen LogP contribution >= 0.6 is 0 Å². The number of piperidine rings is 1. The molecule has 2 atom stereocenters. The fourth-order valence-electron chi connectivity index (χ4n) is 2.85. The van der Waals surface area contributed by atoms with Gasteiger partial charge in [-0.2, -0.15) is 0 Å². The van der Waals surface area contributed by atoms with Crippen molar-refractivity contribution in [2.24, 2.45) is 5.73 Å². The average Bonchev–Trinajstić information content (AvgIpc) is 2.45. The molecule has 3 nitrogen and oxygen atoms in total. The first-order chi connectivity index (χ1) is 9.20. The molecule has 1 aliphatic rings. The SMILES string of the molecule is Cc1ccc(C(N)CCN2CCCCC2CO)cc1. The Balaban J connectivity index is 1.85. The first-order valence-corrected chi connectivity index (χ1v) is 7.38. The monoisotopic (exact) mass is 262 g/mol. The molecule has 1 fully saturated rings. The van der Waals surface area contributed by atoms with Crippen molar-refractivity contribution < 1.29 is 5.11 Å². The third-order valence-electron chi connectivity index (χ3n) is 4.19. The van der Waals surface area contributed by atoms with Gasteiger partial charge in [-0.05, 0) is 38.3 Å². The number of aliphatic hydroxyl groups is 1. The van der Waals surface area contributed by atoms with Crippen LogP contribution in [0.25, 0.3) is 0 Å². The molecule has 0 saturated carbocycles. The second kappa shape index (κ2) is 7.04. The van der Waals surface area contributed by atoms with E-state index in [9.17, 15) is 5.11 Å². The van der Waals surface area contributed by atoms with Gasteiger partial charge in [-0.3, -0.25) is 4.90 Å². The zero-order valence-corrected chi connectivity index (χ0v) is 11.9. The summed E-state index contributed by atoms with van der Waals surface area (Å²) in [5, 5.41) is 9.40. The fourth-order valence-corrected chi connectivity index (χ4v) is 2.85. The number of nitrogens with two attached hydrogens (primary N) is 1. The molecule has 3 N–H and O–H groups in total. The highest BCUT2D eigenvalue weighted by molar-refractivity contribution is 5.23. The minimum atomic E-state index is 0.0990. The maximum Gasteiger partial charge on any atom is 0.0586 e. The quantitative estimate of drug-likeness (QED) is 0.855. The molecule has 0 aromatic heterocycles. The lowest BCUT2D eigenvalue weighted by Crippen LogP contribution is -2.42. The van der Waals surface area contributed by atoms with Gasteiger partial charge in [0.1, 0.15) is 0 Å². The molecule has 1 aromatic rings. The van der Waals surface area contributed by atoms with E-state index < -0.39 is 0 Å². The van der Waals surface area contributed by atoms with Crippen molar-refractivity contribution in [3.8, 4) is 0 Å². The van der Waals surface area contributed by atoms with Crippen molar-refractivity contribution in [3.63, 3.8) is 0 Å². The molecule has 0 aliphatic carbocycles. The van der Waals surface area contributed by atoms with Crippen LogP contribution < -0.4 is 5.73 Å². The number of aliphatic hydroxyl groups excluding tert-OH is 1. The summed E-state index contributed by atoms with van der Waals surface area (Å²) in [6, 6.07) is 8.93. The van der Waals surface area contributed by atoms with Gasteiger partial charge in [-0.15, -0.1) is 0 Å². The molecular formula is C16H26N2O. The van der Waals surface area contributed by atoms with E-state index in [4.69, 9.17) is 5.73 Å². The summed E-state index contributed by atoms with van der Waals surface area (Å²) in [4.78, 5) is 2.40. The Morgan fingerprint density at radius 3 is 2.74 bits per heavy atom. The molecule has 0 radical (unpaired) electrons. The highest BCUT2D eigenvalue weighted by Crippen LogP contribution is 2.20. The molecule has 1 aromatic carbocycles. The van der Waals surface area contributed by atoms with Crippen molar-refractivity contribution in [3.05, 3.63) is 35.4 Å². The van der Waals surface area contributed by atoms with Gasteiger partial charge in [0.25, 0.3) is 0 Å². The molecule has 0 amide bonds. The Bertz CT molecular complexity index is 377. The molecule has 2 unspecified atom stereocenters. The third-order valence-corrected chi connectivity index (χ3v) is 4.19. The molecule has 19 heavy (non-hydrogen) atoms. The van der Waals surface area contributed by atoms with E-state index in [0.29, 0.717) is 6.04 Å². The Hall–Kier alpha value is -0.900. The summed E-state index contributed by atoms with van der Waals surface area (Å²) >= 11 is 0. The smallest absolute Gasteiger partial charge is 0.0586 e. The maximum atomic E-state index is 9.40. The fraction of sp³-hybridized carbons (Fsp3) is 0.625. The van der Waals surface area contributed by atoms with Gasteiger partial charge in [0.15, 0.2) is 0 Å². The largest absolute Gasteiger partial charge is 0.395 e. The lowest BCUT2D eigenvalue weighted by atomic mass is 9.99. The number of benzene rings is 1. The van der Waals surface area contributed by atoms with Crippen LogP contribution in [0.1, 0.15) is 42.9 Å².